The van der Waals surface area contributed by atoms with E-state index in [0.717, 1.165) is 6.42 Å². The normalized spacial score (nSPS) is 11.6. The minimum Gasteiger partial charge on any atom is -0.460 e. The highest BCUT2D eigenvalue weighted by molar-refractivity contribution is 5.87. The molecule has 0 heterocycles. The van der Waals surface area contributed by atoms with Crippen LogP contribution in [0.3, 0.4) is 0 Å². The molecule has 0 aromatic heterocycles. The molecule has 0 bridgehead atoms. The van der Waals surface area contributed by atoms with Crippen molar-refractivity contribution in [1.82, 2.24) is 0 Å². The van der Waals surface area contributed by atoms with Crippen LogP contribution in [-0.2, 0) is 16.0 Å². The van der Waals surface area contributed by atoms with Crippen LogP contribution < -0.4 is 0 Å². The Kier molecular flexibility index (Phi) is 4.77. The lowest BCUT2D eigenvalue weighted by Crippen LogP contribution is -2.12. The number of carbonyl (C=O) groups is 1. The third kappa shape index (κ3) is 4.30. The van der Waals surface area contributed by atoms with Crippen molar-refractivity contribution in [2.45, 2.75) is 33.3 Å². The molecule has 1 rings (SSSR count). The first-order chi connectivity index (χ1) is 7.59. The quantitative estimate of drug-likeness (QED) is 0.573. The van der Waals surface area contributed by atoms with E-state index in [9.17, 15) is 4.79 Å². The fourth-order valence-electron chi connectivity index (χ4n) is 1.28. The highest BCUT2D eigenvalue weighted by Gasteiger charge is 2.06. The van der Waals surface area contributed by atoms with Crippen molar-refractivity contribution in [2.75, 3.05) is 0 Å². The Morgan fingerprint density at radius 2 is 1.94 bits per heavy atom. The van der Waals surface area contributed by atoms with Gasteiger partial charge >= 0.3 is 5.97 Å². The number of carbonyl (C=O) groups excluding carboxylic acids is 1. The van der Waals surface area contributed by atoms with Crippen molar-refractivity contribution >= 4 is 5.97 Å². The second-order valence-electron chi connectivity index (χ2n) is 4.03. The Morgan fingerprint density at radius 1 is 1.31 bits per heavy atom. The van der Waals surface area contributed by atoms with E-state index >= 15 is 0 Å². The highest BCUT2D eigenvalue weighted by atomic mass is 16.5. The summed E-state index contributed by atoms with van der Waals surface area (Å²) in [5, 5.41) is 0. The average molecular weight is 218 g/mol. The third-order valence-electron chi connectivity index (χ3n) is 2.15. The van der Waals surface area contributed by atoms with Gasteiger partial charge in [-0.3, -0.25) is 0 Å². The van der Waals surface area contributed by atoms with E-state index in [-0.39, 0.29) is 12.1 Å². The van der Waals surface area contributed by atoms with E-state index in [1.54, 1.807) is 6.92 Å². The second kappa shape index (κ2) is 6.11. The maximum atomic E-state index is 11.5. The summed E-state index contributed by atoms with van der Waals surface area (Å²) in [5.74, 6) is -0.231. The molecule has 0 amide bonds. The number of ether oxygens (including phenoxy) is 1. The van der Waals surface area contributed by atoms with Gasteiger partial charge in [0.2, 0.25) is 0 Å². The summed E-state index contributed by atoms with van der Waals surface area (Å²) in [6, 6.07) is 10.0. The Morgan fingerprint density at radius 3 is 2.50 bits per heavy atom. The summed E-state index contributed by atoms with van der Waals surface area (Å²) in [7, 11) is 0. The van der Waals surface area contributed by atoms with Crippen molar-refractivity contribution in [3.8, 4) is 0 Å². The lowest BCUT2D eigenvalue weighted by molar-refractivity contribution is -0.142. The lowest BCUT2D eigenvalue weighted by Gasteiger charge is -2.07. The number of allylic oxidation sites excluding steroid dienone is 1. The van der Waals surface area contributed by atoms with Crippen LogP contribution in [0.4, 0.5) is 0 Å². The molecular weight excluding hydrogens is 200 g/mol. The van der Waals surface area contributed by atoms with Crippen LogP contribution in [0.15, 0.2) is 42.0 Å². The van der Waals surface area contributed by atoms with E-state index in [2.05, 4.69) is 0 Å². The molecule has 0 spiro atoms. The van der Waals surface area contributed by atoms with Crippen LogP contribution in [0.5, 0.6) is 0 Å². The zero-order valence-electron chi connectivity index (χ0n) is 10.1. The van der Waals surface area contributed by atoms with Gasteiger partial charge in [-0.05, 0) is 32.8 Å². The van der Waals surface area contributed by atoms with Crippen molar-refractivity contribution in [2.24, 2.45) is 0 Å². The molecule has 86 valence electrons. The number of hydrogen-bond donors (Lipinski definition) is 0. The lowest BCUT2D eigenvalue weighted by atomic mass is 10.1. The van der Waals surface area contributed by atoms with Gasteiger partial charge in [-0.2, -0.15) is 0 Å². The van der Waals surface area contributed by atoms with Crippen LogP contribution in [0.25, 0.3) is 0 Å². The fraction of sp³-hybridized carbons (Fsp3) is 0.357. The van der Waals surface area contributed by atoms with E-state index < -0.39 is 0 Å². The first-order valence-corrected chi connectivity index (χ1v) is 5.51. The summed E-state index contributed by atoms with van der Waals surface area (Å²) >= 11 is 0. The molecule has 0 aliphatic heterocycles. The second-order valence-corrected chi connectivity index (χ2v) is 4.03. The van der Waals surface area contributed by atoms with Gasteiger partial charge in [0.25, 0.3) is 0 Å². The van der Waals surface area contributed by atoms with Crippen molar-refractivity contribution in [3.05, 3.63) is 47.5 Å². The molecule has 0 radical (unpaired) electrons. The SMILES string of the molecule is CC(=CCc1ccccc1)C(=O)OC(C)C. The van der Waals surface area contributed by atoms with Gasteiger partial charge in [-0.25, -0.2) is 4.79 Å². The van der Waals surface area contributed by atoms with E-state index in [1.807, 2.05) is 50.3 Å². The van der Waals surface area contributed by atoms with Gasteiger partial charge in [0.05, 0.1) is 6.10 Å². The van der Waals surface area contributed by atoms with Gasteiger partial charge in [0.1, 0.15) is 0 Å². The molecule has 0 saturated carbocycles. The van der Waals surface area contributed by atoms with Gasteiger partial charge in [-0.15, -0.1) is 0 Å². The third-order valence-corrected chi connectivity index (χ3v) is 2.15. The molecule has 2 nitrogen and oxygen atoms in total. The highest BCUT2D eigenvalue weighted by Crippen LogP contribution is 2.05. The molecule has 0 aliphatic rings. The first-order valence-electron chi connectivity index (χ1n) is 5.51. The maximum absolute atomic E-state index is 11.5. The molecule has 0 aliphatic carbocycles. The molecular formula is C14H18O2. The predicted molar refractivity (Wildman–Crippen MR) is 65.1 cm³/mol. The Balaban J connectivity index is 2.54. The van der Waals surface area contributed by atoms with Crippen molar-refractivity contribution in [3.63, 3.8) is 0 Å². The minimum atomic E-state index is -0.231. The number of hydrogen-bond acceptors (Lipinski definition) is 2. The molecule has 2 heteroatoms. The van der Waals surface area contributed by atoms with Crippen molar-refractivity contribution in [1.29, 1.82) is 0 Å². The Bertz CT molecular complexity index is 364. The molecule has 0 fully saturated rings. The van der Waals surface area contributed by atoms with Crippen LogP contribution in [0, 0.1) is 0 Å². The van der Waals surface area contributed by atoms with Gasteiger partial charge < -0.3 is 4.74 Å². The molecule has 0 atom stereocenters. The zero-order chi connectivity index (χ0) is 12.0. The summed E-state index contributed by atoms with van der Waals surface area (Å²) in [5.41, 5.74) is 1.86. The van der Waals surface area contributed by atoms with E-state index in [0.29, 0.717) is 5.57 Å². The standard InChI is InChI=1S/C14H18O2/c1-11(2)16-14(15)12(3)9-10-13-7-5-4-6-8-13/h4-9,11H,10H2,1-3H3. The monoisotopic (exact) mass is 218 g/mol. The molecule has 1 aromatic rings. The van der Waals surface area contributed by atoms with Crippen LogP contribution >= 0.6 is 0 Å². The van der Waals surface area contributed by atoms with Crippen molar-refractivity contribution < 1.29 is 9.53 Å². The maximum Gasteiger partial charge on any atom is 0.333 e. The van der Waals surface area contributed by atoms with Crippen LogP contribution in [0.1, 0.15) is 26.3 Å². The van der Waals surface area contributed by atoms with Gasteiger partial charge in [0.15, 0.2) is 0 Å². The molecule has 1 aromatic carbocycles. The van der Waals surface area contributed by atoms with Crippen LogP contribution in [-0.4, -0.2) is 12.1 Å². The summed E-state index contributed by atoms with van der Waals surface area (Å²) in [6.07, 6.45) is 2.60. The molecule has 0 N–H and O–H groups in total. The van der Waals surface area contributed by atoms with Gasteiger partial charge in [-0.1, -0.05) is 36.4 Å². The Labute approximate surface area is 96.9 Å². The van der Waals surface area contributed by atoms with Crippen LogP contribution in [0.2, 0.25) is 0 Å². The number of benzene rings is 1. The molecule has 16 heavy (non-hydrogen) atoms. The summed E-state index contributed by atoms with van der Waals surface area (Å²) in [4.78, 5) is 11.5. The number of rotatable bonds is 4. The zero-order valence-corrected chi connectivity index (χ0v) is 10.1. The smallest absolute Gasteiger partial charge is 0.333 e. The molecule has 0 unspecified atom stereocenters. The number of esters is 1. The average Bonchev–Trinajstić information content (AvgIpc) is 2.26. The predicted octanol–water partition coefficient (Wildman–Crippen LogP) is 3.13. The fourth-order valence-corrected chi connectivity index (χ4v) is 1.28. The van der Waals surface area contributed by atoms with E-state index in [4.69, 9.17) is 4.74 Å². The minimum absolute atomic E-state index is 0.0624. The first kappa shape index (κ1) is 12.5. The summed E-state index contributed by atoms with van der Waals surface area (Å²) in [6.45, 7) is 5.48. The Hall–Kier alpha value is -1.57. The molecule has 0 saturated heterocycles. The van der Waals surface area contributed by atoms with Gasteiger partial charge in [0, 0.05) is 5.57 Å². The topological polar surface area (TPSA) is 26.3 Å². The van der Waals surface area contributed by atoms with E-state index in [1.165, 1.54) is 5.56 Å². The largest absolute Gasteiger partial charge is 0.460 e. The summed E-state index contributed by atoms with van der Waals surface area (Å²) < 4.78 is 5.09.